The van der Waals surface area contributed by atoms with Crippen LogP contribution in [-0.4, -0.2) is 110 Å². The molecule has 4 aromatic heterocycles. The first-order valence-corrected chi connectivity index (χ1v) is 15.8. The van der Waals surface area contributed by atoms with Crippen molar-refractivity contribution < 1.29 is 39.5 Å². The number of hydrogen-bond acceptors (Lipinski definition) is 17. The number of aliphatic hydroxyl groups is 2. The molecular weight excluding hydrogens is 706 g/mol. The van der Waals surface area contributed by atoms with Gasteiger partial charge in [0.15, 0.2) is 28.4 Å². The summed E-state index contributed by atoms with van der Waals surface area (Å²) in [5, 5.41) is 39.1. The van der Waals surface area contributed by atoms with E-state index in [-0.39, 0.29) is 47.9 Å². The first-order valence-electron chi connectivity index (χ1n) is 15.4. The average Bonchev–Trinajstić information content (AvgIpc) is 3.69. The average molecular weight is 740 g/mol. The minimum absolute atomic E-state index is 0.0138. The number of carbonyl (C=O) groups excluding carboxylic acids is 1. The number of imidazole rings is 1. The van der Waals surface area contributed by atoms with E-state index in [2.05, 4.69) is 40.2 Å². The lowest BCUT2D eigenvalue weighted by atomic mass is 10.1. The van der Waals surface area contributed by atoms with Gasteiger partial charge in [0.05, 0.1) is 37.5 Å². The molecule has 4 atom stereocenters. The van der Waals surface area contributed by atoms with Gasteiger partial charge in [-0.3, -0.25) is 14.2 Å². The van der Waals surface area contributed by atoms with E-state index >= 15 is 0 Å². The van der Waals surface area contributed by atoms with Gasteiger partial charge >= 0.3 is 11.9 Å². The monoisotopic (exact) mass is 739 g/mol. The Morgan fingerprint density at radius 3 is 2.40 bits per heavy atom. The summed E-state index contributed by atoms with van der Waals surface area (Å²) in [5.74, 6) is -2.72. The number of halogens is 1. The van der Waals surface area contributed by atoms with E-state index in [1.807, 2.05) is 11.9 Å². The molecular formula is C30H34ClN13O8. The van der Waals surface area contributed by atoms with Gasteiger partial charge in [-0.25, -0.2) is 19.7 Å². The number of carboxylic acid groups (broad SMARTS) is 2. The fourth-order valence-corrected chi connectivity index (χ4v) is 5.37. The molecule has 0 radical (unpaired) electrons. The third-order valence-electron chi connectivity index (χ3n) is 7.84. The maximum atomic E-state index is 12.4. The molecule has 0 spiro atoms. The summed E-state index contributed by atoms with van der Waals surface area (Å²) in [6, 6.07) is 5.16. The second kappa shape index (κ2) is 15.9. The molecule has 0 unspecified atom stereocenters. The topological polar surface area (TPSA) is 330 Å². The minimum Gasteiger partial charge on any atom is -0.481 e. The van der Waals surface area contributed by atoms with E-state index in [0.717, 1.165) is 5.69 Å². The zero-order chi connectivity index (χ0) is 37.7. The third-order valence-corrected chi connectivity index (χ3v) is 8.01. The molecule has 0 saturated carbocycles. The number of carboxylic acids is 2. The Morgan fingerprint density at radius 1 is 1.04 bits per heavy atom. The third kappa shape index (κ3) is 8.63. The number of aliphatic carboxylic acids is 2. The smallest absolute Gasteiger partial charge is 0.326 e. The van der Waals surface area contributed by atoms with Crippen molar-refractivity contribution in [2.45, 2.75) is 50.3 Å². The van der Waals surface area contributed by atoms with Gasteiger partial charge in [0.2, 0.25) is 11.2 Å². The SMILES string of the molecule is CN(Cc1cnc2nc(N)nc(N)c2n1)c1ccc(C(=O)N[C@@H](CCC(=O)O)C(=O)O)cc1.Nc1nc(Cl)nc2c1ncn2[C@H]1C[C@H](O)[C@@H](CO)O1. The summed E-state index contributed by atoms with van der Waals surface area (Å²) in [6.07, 6.45) is 0.981. The highest BCUT2D eigenvalue weighted by Crippen LogP contribution is 2.31. The van der Waals surface area contributed by atoms with Gasteiger partial charge in [0.25, 0.3) is 5.91 Å². The Hall–Kier alpha value is -6.03. The quantitative estimate of drug-likeness (QED) is 0.0824. The van der Waals surface area contributed by atoms with Crippen LogP contribution in [0.15, 0.2) is 36.8 Å². The van der Waals surface area contributed by atoms with Crippen LogP contribution >= 0.6 is 11.6 Å². The minimum atomic E-state index is -1.30. The van der Waals surface area contributed by atoms with Crippen molar-refractivity contribution in [1.82, 2.24) is 44.8 Å². The molecule has 5 aromatic rings. The number of anilines is 4. The summed E-state index contributed by atoms with van der Waals surface area (Å²) in [7, 11) is 1.82. The molecule has 274 valence electrons. The van der Waals surface area contributed by atoms with Crippen molar-refractivity contribution in [3.63, 3.8) is 0 Å². The maximum absolute atomic E-state index is 12.4. The van der Waals surface area contributed by atoms with Crippen LogP contribution in [0.25, 0.3) is 22.3 Å². The zero-order valence-corrected chi connectivity index (χ0v) is 28.1. The van der Waals surface area contributed by atoms with Gasteiger partial charge in [-0.15, -0.1) is 0 Å². The van der Waals surface area contributed by atoms with E-state index in [1.54, 1.807) is 22.9 Å². The van der Waals surface area contributed by atoms with E-state index in [9.17, 15) is 24.6 Å². The second-order valence-electron chi connectivity index (χ2n) is 11.5. The molecule has 6 rings (SSSR count). The molecule has 1 saturated heterocycles. The summed E-state index contributed by atoms with van der Waals surface area (Å²) < 4.78 is 7.16. The van der Waals surface area contributed by atoms with Crippen LogP contribution in [-0.2, 0) is 20.9 Å². The largest absolute Gasteiger partial charge is 0.481 e. The molecule has 0 aliphatic carbocycles. The molecule has 1 amide bonds. The molecule has 1 fully saturated rings. The predicted octanol–water partition coefficient (Wildman–Crippen LogP) is -0.0290. The first-order chi connectivity index (χ1) is 24.7. The highest BCUT2D eigenvalue weighted by molar-refractivity contribution is 6.28. The molecule has 5 heterocycles. The highest BCUT2D eigenvalue weighted by atomic mass is 35.5. The number of ether oxygens (including phenoxy) is 1. The molecule has 52 heavy (non-hydrogen) atoms. The molecule has 0 bridgehead atoms. The number of nitrogens with zero attached hydrogens (tertiary/aromatic N) is 9. The van der Waals surface area contributed by atoms with Crippen LogP contribution in [0, 0.1) is 0 Å². The van der Waals surface area contributed by atoms with Crippen LogP contribution in [0.4, 0.5) is 23.3 Å². The Kier molecular flexibility index (Phi) is 11.4. The summed E-state index contributed by atoms with van der Waals surface area (Å²) in [5.41, 5.74) is 20.2. The number of hydrogen-bond donors (Lipinski definition) is 8. The number of nitrogen functional groups attached to an aromatic ring is 3. The Morgan fingerprint density at radius 2 is 1.75 bits per heavy atom. The second-order valence-corrected chi connectivity index (χ2v) is 11.9. The van der Waals surface area contributed by atoms with E-state index in [4.69, 9.17) is 43.8 Å². The molecule has 1 aromatic carbocycles. The number of benzene rings is 1. The van der Waals surface area contributed by atoms with Crippen molar-refractivity contribution in [3.05, 3.63) is 53.3 Å². The first kappa shape index (κ1) is 37.2. The fraction of sp³-hybridized carbons (Fsp3) is 0.333. The summed E-state index contributed by atoms with van der Waals surface area (Å²) in [6.45, 7) is 0.122. The van der Waals surface area contributed by atoms with Crippen molar-refractivity contribution in [2.24, 2.45) is 0 Å². The van der Waals surface area contributed by atoms with Crippen molar-refractivity contribution in [3.8, 4) is 0 Å². The van der Waals surface area contributed by atoms with Gasteiger partial charge in [-0.05, 0) is 42.3 Å². The number of rotatable bonds is 11. The lowest BCUT2D eigenvalue weighted by Crippen LogP contribution is -2.41. The molecule has 21 nitrogen and oxygen atoms in total. The predicted molar refractivity (Wildman–Crippen MR) is 185 cm³/mol. The van der Waals surface area contributed by atoms with Gasteiger partial charge in [-0.2, -0.15) is 19.9 Å². The molecule has 22 heteroatoms. The van der Waals surface area contributed by atoms with Gasteiger partial charge < -0.3 is 52.6 Å². The van der Waals surface area contributed by atoms with E-state index < -0.39 is 42.3 Å². The normalized spacial score (nSPS) is 17.3. The fourth-order valence-electron chi connectivity index (χ4n) is 5.20. The number of fused-ring (bicyclic) bond motifs is 2. The van der Waals surface area contributed by atoms with E-state index in [0.29, 0.717) is 41.0 Å². The maximum Gasteiger partial charge on any atom is 0.326 e. The van der Waals surface area contributed by atoms with Crippen LogP contribution in [0.2, 0.25) is 5.28 Å². The number of nitrogens with one attached hydrogen (secondary N) is 1. The van der Waals surface area contributed by atoms with Gasteiger partial charge in [0, 0.05) is 31.1 Å². The standard InChI is InChI=1S/C20H22N8O5.C10H12ClN5O3/c1-28(9-11-8-23-17-15(24-11)16(21)26-20(22)27-17)12-4-2-10(3-5-12)18(31)25-13(19(32)33)6-7-14(29)30;11-10-14-8(12)7-9(15-10)16(3-13-7)6-1-4(18)5(2-17)19-6/h2-5,8,13H,6-7,9H2,1H3,(H,25,31)(H,29,30)(H,32,33)(H4,21,22,23,26,27);3-6,17-18H,1-2H2,(H2,12,14,15)/t13-;4-,5+,6+/m00/s1. The van der Waals surface area contributed by atoms with Crippen molar-refractivity contribution >= 4 is 75.0 Å². The Bertz CT molecular complexity index is 2100. The zero-order valence-electron chi connectivity index (χ0n) is 27.4. The van der Waals surface area contributed by atoms with E-state index in [1.165, 1.54) is 18.5 Å². The van der Waals surface area contributed by atoms with Crippen LogP contribution in [0.5, 0.6) is 0 Å². The Balaban J connectivity index is 0.000000231. The Labute approximate surface area is 298 Å². The lowest BCUT2D eigenvalue weighted by Gasteiger charge is -2.19. The number of nitrogens with two attached hydrogens (primary N) is 3. The number of aliphatic hydroxyl groups excluding tert-OH is 2. The summed E-state index contributed by atoms with van der Waals surface area (Å²) >= 11 is 5.77. The number of carbonyl (C=O) groups is 3. The number of amides is 1. The van der Waals surface area contributed by atoms with Crippen molar-refractivity contribution in [1.29, 1.82) is 0 Å². The molecule has 1 aliphatic heterocycles. The van der Waals surface area contributed by atoms with Crippen molar-refractivity contribution in [2.75, 3.05) is 35.8 Å². The molecule has 1 aliphatic rings. The van der Waals surface area contributed by atoms with Crippen LogP contribution in [0.3, 0.4) is 0 Å². The summed E-state index contributed by atoms with van der Waals surface area (Å²) in [4.78, 5) is 64.7. The lowest BCUT2D eigenvalue weighted by molar-refractivity contribution is -0.140. The van der Waals surface area contributed by atoms with Crippen LogP contribution < -0.4 is 27.4 Å². The molecule has 11 N–H and O–H groups in total. The van der Waals surface area contributed by atoms with Gasteiger partial charge in [-0.1, -0.05) is 0 Å². The number of aromatic nitrogens is 8. The van der Waals surface area contributed by atoms with Gasteiger partial charge in [0.1, 0.15) is 23.9 Å². The van der Waals surface area contributed by atoms with Crippen LogP contribution in [0.1, 0.15) is 41.5 Å². The highest BCUT2D eigenvalue weighted by Gasteiger charge is 2.35.